The van der Waals surface area contributed by atoms with Gasteiger partial charge in [-0.2, -0.15) is 4.57 Å². The number of carbonyl (C=O) groups is 1. The third-order valence-corrected chi connectivity index (χ3v) is 4.47. The summed E-state index contributed by atoms with van der Waals surface area (Å²) in [6, 6.07) is 14.0. The maximum absolute atomic E-state index is 12.3. The van der Waals surface area contributed by atoms with Gasteiger partial charge in [-0.3, -0.25) is 4.79 Å². The van der Waals surface area contributed by atoms with E-state index in [1.165, 1.54) is 5.56 Å². The summed E-state index contributed by atoms with van der Waals surface area (Å²) in [7, 11) is 0. The molecule has 0 unspecified atom stereocenters. The molecular formula is C20H27N2O+. The lowest BCUT2D eigenvalue weighted by Gasteiger charge is -2.13. The molecule has 2 aromatic rings. The van der Waals surface area contributed by atoms with Crippen molar-refractivity contribution in [2.45, 2.75) is 52.1 Å². The van der Waals surface area contributed by atoms with Crippen LogP contribution in [0.25, 0.3) is 0 Å². The van der Waals surface area contributed by atoms with Crippen LogP contribution in [0, 0.1) is 0 Å². The second kappa shape index (κ2) is 8.47. The Balaban J connectivity index is 1.96. The molecule has 23 heavy (non-hydrogen) atoms. The lowest BCUT2D eigenvalue weighted by atomic mass is 9.95. The number of hydrogen-bond acceptors (Lipinski definition) is 1. The first kappa shape index (κ1) is 17.2. The van der Waals surface area contributed by atoms with Crippen molar-refractivity contribution in [2.24, 2.45) is 0 Å². The molecule has 1 N–H and O–H groups in total. The summed E-state index contributed by atoms with van der Waals surface area (Å²) in [5.74, 6) is 0.640. The Kier molecular flexibility index (Phi) is 6.33. The van der Waals surface area contributed by atoms with Crippen LogP contribution >= 0.6 is 0 Å². The largest absolute Gasteiger partial charge is 0.346 e. The van der Waals surface area contributed by atoms with E-state index in [2.05, 4.69) is 31.3 Å². The van der Waals surface area contributed by atoms with Crippen molar-refractivity contribution < 1.29 is 9.36 Å². The summed E-state index contributed by atoms with van der Waals surface area (Å²) in [5.41, 5.74) is 2.46. The van der Waals surface area contributed by atoms with E-state index >= 15 is 0 Å². The average molecular weight is 311 g/mol. The molecule has 1 amide bonds. The normalized spacial score (nSPS) is 12.2. The Morgan fingerprint density at radius 1 is 1.04 bits per heavy atom. The van der Waals surface area contributed by atoms with Crippen molar-refractivity contribution in [3.05, 3.63) is 66.0 Å². The fourth-order valence-corrected chi connectivity index (χ4v) is 2.81. The van der Waals surface area contributed by atoms with Gasteiger partial charge in [-0.1, -0.05) is 44.2 Å². The van der Waals surface area contributed by atoms with Gasteiger partial charge in [0.1, 0.15) is 0 Å². The maximum atomic E-state index is 12.3. The molecule has 1 atom stereocenters. The maximum Gasteiger partial charge on any atom is 0.289 e. The molecule has 1 heterocycles. The molecule has 0 fully saturated rings. The minimum atomic E-state index is -0.213. The van der Waals surface area contributed by atoms with Gasteiger partial charge in [0.05, 0.1) is 0 Å². The molecule has 1 aromatic heterocycles. The minimum absolute atomic E-state index is 0.0362. The van der Waals surface area contributed by atoms with Crippen LogP contribution in [0.2, 0.25) is 0 Å². The predicted molar refractivity (Wildman–Crippen MR) is 93.0 cm³/mol. The van der Waals surface area contributed by atoms with Gasteiger partial charge in [0, 0.05) is 25.6 Å². The number of carbonyl (C=O) groups excluding carboxylic acids is 1. The van der Waals surface area contributed by atoms with Gasteiger partial charge in [-0.05, 0) is 29.9 Å². The summed E-state index contributed by atoms with van der Waals surface area (Å²) in [4.78, 5) is 12.3. The minimum Gasteiger partial charge on any atom is -0.346 e. The highest BCUT2D eigenvalue weighted by Gasteiger charge is 2.21. The summed E-state index contributed by atoms with van der Waals surface area (Å²) in [5, 5.41) is 3.00. The van der Waals surface area contributed by atoms with E-state index in [1.807, 2.05) is 54.2 Å². The van der Waals surface area contributed by atoms with Gasteiger partial charge in [-0.25, -0.2) is 0 Å². The molecule has 0 bridgehead atoms. The molecule has 1 aromatic carbocycles. The quantitative estimate of drug-likeness (QED) is 0.776. The number of pyridine rings is 1. The molecule has 0 aliphatic carbocycles. The number of benzene rings is 1. The molecule has 0 aliphatic heterocycles. The first-order valence-corrected chi connectivity index (χ1v) is 8.48. The molecule has 0 saturated carbocycles. The van der Waals surface area contributed by atoms with Crippen LogP contribution < -0.4 is 9.88 Å². The predicted octanol–water partition coefficient (Wildman–Crippen LogP) is 3.76. The lowest BCUT2D eigenvalue weighted by molar-refractivity contribution is -0.706. The number of aromatic nitrogens is 1. The molecule has 0 saturated heterocycles. The Hall–Kier alpha value is -2.16. The number of hydrogen-bond donors (Lipinski definition) is 1. The summed E-state index contributed by atoms with van der Waals surface area (Å²) >= 11 is 0. The van der Waals surface area contributed by atoms with Crippen LogP contribution in [-0.4, -0.2) is 5.91 Å². The van der Waals surface area contributed by atoms with Crippen molar-refractivity contribution >= 4 is 5.91 Å². The number of amides is 1. The second-order valence-corrected chi connectivity index (χ2v) is 5.97. The fourth-order valence-electron chi connectivity index (χ4n) is 2.81. The molecule has 0 spiro atoms. The standard InChI is InChI=1S/C20H26N2O/c1-4-18(5-2)19-11-13-22(14-12-19)16(3)20(23)21-15-17-9-7-6-8-10-17/h6-14,16,18H,4-5,15H2,1-3H3/p+1/t16-/m1/s1. The smallest absolute Gasteiger partial charge is 0.289 e. The van der Waals surface area contributed by atoms with Gasteiger partial charge < -0.3 is 5.32 Å². The van der Waals surface area contributed by atoms with E-state index in [1.54, 1.807) is 0 Å². The Labute approximate surface area is 139 Å². The van der Waals surface area contributed by atoms with Crippen molar-refractivity contribution in [1.29, 1.82) is 0 Å². The third-order valence-electron chi connectivity index (χ3n) is 4.47. The topological polar surface area (TPSA) is 33.0 Å². The third kappa shape index (κ3) is 4.65. The summed E-state index contributed by atoms with van der Waals surface area (Å²) in [6.45, 7) is 6.93. The first-order chi connectivity index (χ1) is 11.2. The second-order valence-electron chi connectivity index (χ2n) is 5.97. The highest BCUT2D eigenvalue weighted by Crippen LogP contribution is 2.21. The fraction of sp³-hybridized carbons (Fsp3) is 0.400. The van der Waals surface area contributed by atoms with Crippen LogP contribution in [0.15, 0.2) is 54.9 Å². The van der Waals surface area contributed by atoms with E-state index in [4.69, 9.17) is 0 Å². The average Bonchev–Trinajstić information content (AvgIpc) is 2.61. The highest BCUT2D eigenvalue weighted by molar-refractivity contribution is 5.78. The molecule has 3 heteroatoms. The Morgan fingerprint density at radius 2 is 1.65 bits per heavy atom. The van der Waals surface area contributed by atoms with Crippen LogP contribution in [0.4, 0.5) is 0 Å². The van der Waals surface area contributed by atoms with Gasteiger partial charge in [-0.15, -0.1) is 0 Å². The molecule has 0 aliphatic rings. The zero-order valence-electron chi connectivity index (χ0n) is 14.3. The molecule has 2 rings (SSSR count). The van der Waals surface area contributed by atoms with Gasteiger partial charge in [0.2, 0.25) is 6.04 Å². The molecular weight excluding hydrogens is 284 g/mol. The Morgan fingerprint density at radius 3 is 2.22 bits per heavy atom. The van der Waals surface area contributed by atoms with Crippen molar-refractivity contribution in [3.8, 4) is 0 Å². The zero-order valence-corrected chi connectivity index (χ0v) is 14.3. The van der Waals surface area contributed by atoms with Gasteiger partial charge in [0.15, 0.2) is 12.4 Å². The number of rotatable bonds is 7. The molecule has 122 valence electrons. The van der Waals surface area contributed by atoms with Crippen molar-refractivity contribution in [1.82, 2.24) is 5.32 Å². The van der Waals surface area contributed by atoms with E-state index < -0.39 is 0 Å². The van der Waals surface area contributed by atoms with Crippen LogP contribution in [0.1, 0.15) is 56.7 Å². The molecule has 3 nitrogen and oxygen atoms in total. The molecule has 0 radical (unpaired) electrons. The number of nitrogens with zero attached hydrogens (tertiary/aromatic N) is 1. The SMILES string of the molecule is CCC(CC)c1cc[n+]([C@H](C)C(=O)NCc2ccccc2)cc1. The van der Waals surface area contributed by atoms with E-state index in [0.717, 1.165) is 18.4 Å². The van der Waals surface area contributed by atoms with E-state index in [0.29, 0.717) is 12.5 Å². The van der Waals surface area contributed by atoms with Crippen LogP contribution in [0.3, 0.4) is 0 Å². The number of nitrogens with one attached hydrogen (secondary N) is 1. The summed E-state index contributed by atoms with van der Waals surface area (Å²) in [6.07, 6.45) is 6.32. The lowest BCUT2D eigenvalue weighted by Crippen LogP contribution is -2.46. The van der Waals surface area contributed by atoms with Crippen LogP contribution in [0.5, 0.6) is 0 Å². The summed E-state index contributed by atoms with van der Waals surface area (Å²) < 4.78 is 1.96. The van der Waals surface area contributed by atoms with Gasteiger partial charge >= 0.3 is 0 Å². The van der Waals surface area contributed by atoms with E-state index in [9.17, 15) is 4.79 Å². The first-order valence-electron chi connectivity index (χ1n) is 8.48. The van der Waals surface area contributed by atoms with Crippen LogP contribution in [-0.2, 0) is 11.3 Å². The van der Waals surface area contributed by atoms with Crippen molar-refractivity contribution in [2.75, 3.05) is 0 Å². The van der Waals surface area contributed by atoms with E-state index in [-0.39, 0.29) is 11.9 Å². The van der Waals surface area contributed by atoms with Crippen molar-refractivity contribution in [3.63, 3.8) is 0 Å². The zero-order chi connectivity index (χ0) is 16.7. The van der Waals surface area contributed by atoms with Gasteiger partial charge in [0.25, 0.3) is 5.91 Å². The monoisotopic (exact) mass is 311 g/mol. The Bertz CT molecular complexity index is 603. The highest BCUT2D eigenvalue weighted by atomic mass is 16.2.